The second kappa shape index (κ2) is 5.99. The minimum atomic E-state index is -1.05. The Kier molecular flexibility index (Phi) is 4.03. The molecule has 0 aromatic heterocycles. The Morgan fingerprint density at radius 1 is 1.32 bits per heavy atom. The Morgan fingerprint density at radius 3 is 2.48 bits per heavy atom. The van der Waals surface area contributed by atoms with Crippen LogP contribution in [0.25, 0.3) is 0 Å². The van der Waals surface area contributed by atoms with Gasteiger partial charge in [0.15, 0.2) is 0 Å². The highest BCUT2D eigenvalue weighted by Crippen LogP contribution is 2.56. The Morgan fingerprint density at radius 2 is 1.96 bits per heavy atom. The van der Waals surface area contributed by atoms with Crippen LogP contribution in [0.5, 0.6) is 0 Å². The zero-order chi connectivity index (χ0) is 17.8. The SMILES string of the molecule is C[C@H]1[C@H](C2(c3c(F)cccc3F)NC=C(C(N)=O)S2)C2CCN1CC2. The summed E-state index contributed by atoms with van der Waals surface area (Å²) < 4.78 is 29.5. The largest absolute Gasteiger partial charge is 0.371 e. The summed E-state index contributed by atoms with van der Waals surface area (Å²) in [7, 11) is 0. The lowest BCUT2D eigenvalue weighted by Crippen LogP contribution is -2.61. The first kappa shape index (κ1) is 16.8. The fourth-order valence-electron chi connectivity index (χ4n) is 4.81. The fraction of sp³-hybridized carbons (Fsp3) is 0.500. The third-order valence-corrected chi connectivity index (χ3v) is 7.37. The van der Waals surface area contributed by atoms with Crippen LogP contribution in [0.15, 0.2) is 29.3 Å². The Hall–Kier alpha value is -1.60. The molecule has 1 aromatic rings. The first-order valence-corrected chi connectivity index (χ1v) is 9.41. The number of nitrogens with two attached hydrogens (primary N) is 1. The van der Waals surface area contributed by atoms with E-state index in [9.17, 15) is 13.6 Å². The molecule has 0 aliphatic carbocycles. The van der Waals surface area contributed by atoms with Gasteiger partial charge in [0.1, 0.15) is 16.5 Å². The first-order chi connectivity index (χ1) is 11.9. The maximum atomic E-state index is 14.8. The standard InChI is InChI=1S/C18H21F2N3OS/c1-10-15(11-5-7-23(10)8-6-11)18(22-9-14(25-18)17(21)24)16-12(19)3-2-4-13(16)20/h2-4,9-11,15,22H,5-8H2,1H3,(H2,21,24)/t10-,15-,18?/m0/s1. The molecule has 25 heavy (non-hydrogen) atoms. The molecule has 1 unspecified atom stereocenters. The third kappa shape index (κ3) is 2.47. The van der Waals surface area contributed by atoms with Gasteiger partial charge in [-0.2, -0.15) is 0 Å². The predicted molar refractivity (Wildman–Crippen MR) is 93.3 cm³/mol. The van der Waals surface area contributed by atoms with Crippen LogP contribution in [0, 0.1) is 23.5 Å². The highest BCUT2D eigenvalue weighted by atomic mass is 32.2. The number of carbonyl (C=O) groups is 1. The molecule has 3 atom stereocenters. The van der Waals surface area contributed by atoms with Gasteiger partial charge in [-0.1, -0.05) is 17.8 Å². The molecule has 2 bridgehead atoms. The second-order valence-corrected chi connectivity index (χ2v) is 8.38. The van der Waals surface area contributed by atoms with Crippen LogP contribution in [-0.4, -0.2) is 29.9 Å². The summed E-state index contributed by atoms with van der Waals surface area (Å²) in [6.45, 7) is 4.14. The highest BCUT2D eigenvalue weighted by molar-refractivity contribution is 8.05. The summed E-state index contributed by atoms with van der Waals surface area (Å²) in [4.78, 5) is 13.3. The lowest BCUT2D eigenvalue weighted by Gasteiger charge is -2.55. The topological polar surface area (TPSA) is 58.4 Å². The Bertz CT molecular complexity index is 726. The number of carbonyl (C=O) groups excluding carboxylic acids is 1. The summed E-state index contributed by atoms with van der Waals surface area (Å²) in [5.74, 6) is -1.45. The van der Waals surface area contributed by atoms with Crippen molar-refractivity contribution in [2.45, 2.75) is 30.7 Å². The smallest absolute Gasteiger partial charge is 0.256 e. The molecular weight excluding hydrogens is 344 g/mol. The zero-order valence-corrected chi connectivity index (χ0v) is 14.8. The number of benzene rings is 1. The molecular formula is C18H21F2N3OS. The highest BCUT2D eigenvalue weighted by Gasteiger charge is 2.56. The molecule has 0 saturated carbocycles. The number of rotatable bonds is 3. The average Bonchev–Trinajstić information content (AvgIpc) is 3.02. The van der Waals surface area contributed by atoms with Crippen LogP contribution in [0.3, 0.4) is 0 Å². The number of hydrogen-bond acceptors (Lipinski definition) is 4. The van der Waals surface area contributed by atoms with E-state index in [1.165, 1.54) is 36.2 Å². The van der Waals surface area contributed by atoms with Gasteiger partial charge in [0.05, 0.1) is 10.5 Å². The van der Waals surface area contributed by atoms with Gasteiger partial charge in [0.2, 0.25) is 0 Å². The number of hydrogen-bond donors (Lipinski definition) is 2. The van der Waals surface area contributed by atoms with Gasteiger partial charge in [0, 0.05) is 18.2 Å². The zero-order valence-electron chi connectivity index (χ0n) is 14.0. The first-order valence-electron chi connectivity index (χ1n) is 8.59. The van der Waals surface area contributed by atoms with Crippen molar-refractivity contribution in [3.63, 3.8) is 0 Å². The lowest BCUT2D eigenvalue weighted by atomic mass is 9.68. The van der Waals surface area contributed by atoms with Crippen LogP contribution in [0.2, 0.25) is 0 Å². The van der Waals surface area contributed by atoms with Crippen molar-refractivity contribution >= 4 is 17.7 Å². The molecule has 1 amide bonds. The van der Waals surface area contributed by atoms with Crippen LogP contribution >= 0.6 is 11.8 Å². The van der Waals surface area contributed by atoms with Crippen LogP contribution in [0.1, 0.15) is 25.3 Å². The minimum Gasteiger partial charge on any atom is -0.371 e. The van der Waals surface area contributed by atoms with Crippen molar-refractivity contribution in [2.75, 3.05) is 13.1 Å². The summed E-state index contributed by atoms with van der Waals surface area (Å²) >= 11 is 1.17. The van der Waals surface area contributed by atoms with Gasteiger partial charge in [-0.3, -0.25) is 4.79 Å². The number of amides is 1. The van der Waals surface area contributed by atoms with Crippen molar-refractivity contribution in [2.24, 2.45) is 17.6 Å². The molecule has 4 aliphatic rings. The van der Waals surface area contributed by atoms with Gasteiger partial charge in [-0.25, -0.2) is 8.78 Å². The molecule has 4 heterocycles. The normalized spacial score (nSPS) is 36.8. The average molecular weight is 365 g/mol. The van der Waals surface area contributed by atoms with E-state index in [1.807, 2.05) is 0 Å². The number of nitrogens with zero attached hydrogens (tertiary/aromatic N) is 1. The van der Waals surface area contributed by atoms with Gasteiger partial charge < -0.3 is 16.0 Å². The number of piperidine rings is 3. The molecule has 4 nitrogen and oxygen atoms in total. The molecule has 0 radical (unpaired) electrons. The van der Waals surface area contributed by atoms with Gasteiger partial charge in [-0.15, -0.1) is 0 Å². The minimum absolute atomic E-state index is 0.00176. The molecule has 0 spiro atoms. The number of primary amides is 1. The summed E-state index contributed by atoms with van der Waals surface area (Å²) in [6.07, 6.45) is 3.52. The molecule has 134 valence electrons. The van der Waals surface area contributed by atoms with E-state index in [0.717, 1.165) is 25.9 Å². The van der Waals surface area contributed by atoms with Crippen molar-refractivity contribution in [1.29, 1.82) is 0 Å². The van der Waals surface area contributed by atoms with Crippen molar-refractivity contribution in [3.8, 4) is 0 Å². The second-order valence-electron chi connectivity index (χ2n) is 7.09. The van der Waals surface area contributed by atoms with Crippen molar-refractivity contribution in [3.05, 3.63) is 46.5 Å². The van der Waals surface area contributed by atoms with Crippen LogP contribution < -0.4 is 11.1 Å². The summed E-state index contributed by atoms with van der Waals surface area (Å²) in [6, 6.07) is 4.07. The fourth-order valence-corrected chi connectivity index (χ4v) is 6.32. The summed E-state index contributed by atoms with van der Waals surface area (Å²) in [5, 5.41) is 3.18. The van der Waals surface area contributed by atoms with E-state index in [2.05, 4.69) is 17.1 Å². The van der Waals surface area contributed by atoms with E-state index in [1.54, 1.807) is 0 Å². The quantitative estimate of drug-likeness (QED) is 0.864. The molecule has 5 rings (SSSR count). The molecule has 3 N–H and O–H groups in total. The van der Waals surface area contributed by atoms with E-state index in [-0.39, 0.29) is 17.5 Å². The number of nitrogens with one attached hydrogen (secondary N) is 1. The van der Waals surface area contributed by atoms with E-state index < -0.39 is 22.4 Å². The van der Waals surface area contributed by atoms with Gasteiger partial charge >= 0.3 is 0 Å². The van der Waals surface area contributed by atoms with Gasteiger partial charge in [0.25, 0.3) is 5.91 Å². The van der Waals surface area contributed by atoms with Crippen LogP contribution in [-0.2, 0) is 9.67 Å². The van der Waals surface area contributed by atoms with Crippen molar-refractivity contribution < 1.29 is 13.6 Å². The molecule has 3 fully saturated rings. The Labute approximate surface area is 149 Å². The van der Waals surface area contributed by atoms with Crippen LogP contribution in [0.4, 0.5) is 8.78 Å². The van der Waals surface area contributed by atoms with Gasteiger partial charge in [-0.05, 0) is 50.9 Å². The summed E-state index contributed by atoms with van der Waals surface area (Å²) in [5.41, 5.74) is 5.45. The molecule has 1 aromatic carbocycles. The lowest BCUT2D eigenvalue weighted by molar-refractivity contribution is -0.113. The molecule has 4 aliphatic heterocycles. The predicted octanol–water partition coefficient (Wildman–Crippen LogP) is 2.51. The monoisotopic (exact) mass is 365 g/mol. The number of fused-ring (bicyclic) bond motifs is 3. The maximum Gasteiger partial charge on any atom is 0.256 e. The van der Waals surface area contributed by atoms with E-state index in [4.69, 9.17) is 5.73 Å². The van der Waals surface area contributed by atoms with Crippen molar-refractivity contribution in [1.82, 2.24) is 10.2 Å². The van der Waals surface area contributed by atoms with E-state index >= 15 is 0 Å². The number of thioether (sulfide) groups is 1. The maximum absolute atomic E-state index is 14.8. The van der Waals surface area contributed by atoms with E-state index in [0.29, 0.717) is 10.8 Å². The molecule has 7 heteroatoms. The third-order valence-electron chi connectivity index (χ3n) is 5.91. The Balaban J connectivity index is 1.85. The molecule has 3 saturated heterocycles. The number of halogens is 2.